The van der Waals surface area contributed by atoms with Gasteiger partial charge in [-0.15, -0.1) is 11.3 Å². The molecule has 1 aromatic heterocycles. The number of benzene rings is 2. The second-order valence-corrected chi connectivity index (χ2v) is 8.43. The van der Waals surface area contributed by atoms with Crippen molar-refractivity contribution in [3.05, 3.63) is 82.0 Å². The number of hydrogen-bond acceptors (Lipinski definition) is 3. The van der Waals surface area contributed by atoms with Crippen LogP contribution in [0, 0.1) is 6.92 Å². The van der Waals surface area contributed by atoms with Crippen LogP contribution < -0.4 is 0 Å². The minimum absolute atomic E-state index is 0.00119. The molecule has 3 aromatic rings. The number of hydrogen-bond donors (Lipinski definition) is 1. The van der Waals surface area contributed by atoms with Gasteiger partial charge in [0.05, 0.1) is 6.04 Å². The molecule has 2 heterocycles. The Morgan fingerprint density at radius 2 is 1.70 bits per heavy atom. The van der Waals surface area contributed by atoms with Gasteiger partial charge in [-0.2, -0.15) is 0 Å². The normalized spacial score (nSPS) is 20.9. The molecule has 1 N–H and O–H groups in total. The van der Waals surface area contributed by atoms with Crippen molar-refractivity contribution in [2.24, 2.45) is 0 Å². The molecule has 2 aromatic carbocycles. The Labute approximate surface area is 163 Å². The lowest BCUT2D eigenvalue weighted by Crippen LogP contribution is -2.36. The van der Waals surface area contributed by atoms with Crippen LogP contribution in [-0.4, -0.2) is 29.0 Å². The van der Waals surface area contributed by atoms with Crippen LogP contribution in [-0.2, 0) is 4.79 Å². The van der Waals surface area contributed by atoms with Crippen molar-refractivity contribution in [2.45, 2.75) is 31.4 Å². The number of aliphatic hydroxyl groups is 1. The van der Waals surface area contributed by atoms with E-state index in [2.05, 4.69) is 25.1 Å². The number of rotatable bonds is 4. The molecule has 0 radical (unpaired) electrons. The van der Waals surface area contributed by atoms with Gasteiger partial charge in [-0.25, -0.2) is 0 Å². The smallest absolute Gasteiger partial charge is 0.223 e. The Kier molecular flexibility index (Phi) is 4.85. The van der Waals surface area contributed by atoms with Gasteiger partial charge in [0.2, 0.25) is 5.91 Å². The number of thiophene rings is 1. The van der Waals surface area contributed by atoms with E-state index in [4.69, 9.17) is 0 Å². The summed E-state index contributed by atoms with van der Waals surface area (Å²) in [5.74, 6) is 0.0887. The molecule has 1 fully saturated rings. The molecule has 4 heteroatoms. The maximum atomic E-state index is 12.4. The highest BCUT2D eigenvalue weighted by Gasteiger charge is 2.43. The van der Waals surface area contributed by atoms with Gasteiger partial charge >= 0.3 is 0 Å². The van der Waals surface area contributed by atoms with E-state index in [9.17, 15) is 9.90 Å². The molecule has 27 heavy (non-hydrogen) atoms. The van der Waals surface area contributed by atoms with E-state index in [1.165, 1.54) is 4.88 Å². The Hall–Kier alpha value is -2.43. The van der Waals surface area contributed by atoms with Crippen molar-refractivity contribution in [3.63, 3.8) is 0 Å². The fourth-order valence-electron chi connectivity index (χ4n) is 4.06. The molecule has 1 aliphatic rings. The maximum Gasteiger partial charge on any atom is 0.223 e. The molecular weight excluding hydrogens is 354 g/mol. The van der Waals surface area contributed by atoms with E-state index in [0.29, 0.717) is 6.42 Å². The molecule has 0 bridgehead atoms. The maximum absolute atomic E-state index is 12.4. The zero-order chi connectivity index (χ0) is 19.0. The zero-order valence-electron chi connectivity index (χ0n) is 15.5. The second-order valence-electron chi connectivity index (χ2n) is 7.15. The number of likely N-dealkylation sites (N-methyl/N-ethyl adjacent to an activating group) is 1. The van der Waals surface area contributed by atoms with Crippen LogP contribution in [0.3, 0.4) is 0 Å². The average molecular weight is 378 g/mol. The molecule has 138 valence electrons. The van der Waals surface area contributed by atoms with E-state index in [1.54, 1.807) is 23.3 Å². The van der Waals surface area contributed by atoms with E-state index in [1.807, 2.05) is 48.5 Å². The summed E-state index contributed by atoms with van der Waals surface area (Å²) >= 11 is 1.62. The van der Waals surface area contributed by atoms with E-state index in [-0.39, 0.29) is 17.9 Å². The molecule has 4 rings (SSSR count). The molecule has 1 unspecified atom stereocenters. The quantitative estimate of drug-likeness (QED) is 0.711. The van der Waals surface area contributed by atoms with Gasteiger partial charge in [-0.3, -0.25) is 4.79 Å². The third-order valence-electron chi connectivity index (χ3n) is 5.51. The first-order valence-corrected chi connectivity index (χ1v) is 10.0. The van der Waals surface area contributed by atoms with Crippen molar-refractivity contribution < 1.29 is 9.90 Å². The topological polar surface area (TPSA) is 40.5 Å². The number of likely N-dealkylation sites (tertiary alicyclic amines) is 1. The van der Waals surface area contributed by atoms with E-state index < -0.39 is 6.10 Å². The summed E-state index contributed by atoms with van der Waals surface area (Å²) < 4.78 is 0. The van der Waals surface area contributed by atoms with Gasteiger partial charge < -0.3 is 10.0 Å². The summed E-state index contributed by atoms with van der Waals surface area (Å²) in [4.78, 5) is 16.2. The molecule has 0 aliphatic carbocycles. The van der Waals surface area contributed by atoms with Crippen LogP contribution in [0.4, 0.5) is 0 Å². The minimum atomic E-state index is -0.701. The Morgan fingerprint density at radius 1 is 1.07 bits per heavy atom. The number of aryl methyl sites for hydroxylation is 1. The summed E-state index contributed by atoms with van der Waals surface area (Å²) in [6.07, 6.45) is -0.258. The largest absolute Gasteiger partial charge is 0.385 e. The van der Waals surface area contributed by atoms with Crippen LogP contribution in [0.15, 0.2) is 66.7 Å². The number of carbonyl (C=O) groups is 1. The highest BCUT2D eigenvalue weighted by Crippen LogP contribution is 2.43. The Balaban J connectivity index is 1.69. The predicted octanol–water partition coefficient (Wildman–Crippen LogP) is 4.77. The molecule has 0 saturated carbocycles. The van der Waals surface area contributed by atoms with Gasteiger partial charge in [0.1, 0.15) is 6.10 Å². The lowest BCUT2D eigenvalue weighted by atomic mass is 9.88. The minimum Gasteiger partial charge on any atom is -0.385 e. The van der Waals surface area contributed by atoms with Crippen LogP contribution in [0.5, 0.6) is 0 Å². The van der Waals surface area contributed by atoms with Crippen LogP contribution in [0.1, 0.15) is 33.8 Å². The molecular formula is C23H23NO2S. The van der Waals surface area contributed by atoms with Gasteiger partial charge in [-0.1, -0.05) is 60.7 Å². The molecule has 3 nitrogen and oxygen atoms in total. The molecule has 1 amide bonds. The number of nitrogens with zero attached hydrogens (tertiary/aromatic N) is 1. The standard InChI is InChI=1S/C23H23NO2S/c1-15-18(16-9-5-3-6-10-16)13-20(27-15)23(26)22-19(14-21(25)24(22)2)17-11-7-4-8-12-17/h3-13,19,22-23,26H,14H2,1-2H3/t19-,22-,23?/m1/s1. The molecule has 3 atom stereocenters. The first-order chi connectivity index (χ1) is 13.1. The van der Waals surface area contributed by atoms with Gasteiger partial charge in [0, 0.05) is 29.1 Å². The number of carbonyl (C=O) groups excluding carboxylic acids is 1. The van der Waals surface area contributed by atoms with E-state index >= 15 is 0 Å². The average Bonchev–Trinajstić information content (AvgIpc) is 3.23. The Bertz CT molecular complexity index is 936. The van der Waals surface area contributed by atoms with Crippen molar-refractivity contribution in [3.8, 4) is 11.1 Å². The van der Waals surface area contributed by atoms with Gasteiger partial charge in [0.25, 0.3) is 0 Å². The molecule has 1 saturated heterocycles. The summed E-state index contributed by atoms with van der Waals surface area (Å²) in [6, 6.07) is 22.1. The highest BCUT2D eigenvalue weighted by atomic mass is 32.1. The van der Waals surface area contributed by atoms with Gasteiger partial charge in [0.15, 0.2) is 0 Å². The van der Waals surface area contributed by atoms with Gasteiger partial charge in [-0.05, 0) is 29.7 Å². The first-order valence-electron chi connectivity index (χ1n) is 9.20. The van der Waals surface area contributed by atoms with Crippen LogP contribution in [0.25, 0.3) is 11.1 Å². The lowest BCUT2D eigenvalue weighted by Gasteiger charge is -2.29. The lowest BCUT2D eigenvalue weighted by molar-refractivity contribution is -0.128. The van der Waals surface area contributed by atoms with Crippen molar-refractivity contribution in [1.29, 1.82) is 0 Å². The Morgan fingerprint density at radius 3 is 2.37 bits per heavy atom. The van der Waals surface area contributed by atoms with Crippen molar-refractivity contribution in [1.82, 2.24) is 4.90 Å². The zero-order valence-corrected chi connectivity index (χ0v) is 16.3. The fraction of sp³-hybridized carbons (Fsp3) is 0.261. The molecule has 0 spiro atoms. The summed E-state index contributed by atoms with van der Waals surface area (Å²) in [5, 5.41) is 11.2. The van der Waals surface area contributed by atoms with Crippen molar-refractivity contribution in [2.75, 3.05) is 7.05 Å². The van der Waals surface area contributed by atoms with Crippen LogP contribution in [0.2, 0.25) is 0 Å². The highest BCUT2D eigenvalue weighted by molar-refractivity contribution is 7.12. The third kappa shape index (κ3) is 3.31. The summed E-state index contributed by atoms with van der Waals surface area (Å²) in [7, 11) is 1.80. The SMILES string of the molecule is Cc1sc(C(O)[C@H]2[C@@H](c3ccccc3)CC(=O)N2C)cc1-c1ccccc1. The predicted molar refractivity (Wildman–Crippen MR) is 110 cm³/mol. The number of aliphatic hydroxyl groups excluding tert-OH is 1. The third-order valence-corrected chi connectivity index (χ3v) is 6.63. The number of amides is 1. The fourth-order valence-corrected chi connectivity index (χ4v) is 5.14. The van der Waals surface area contributed by atoms with Crippen LogP contribution >= 0.6 is 11.3 Å². The first kappa shape index (κ1) is 18.0. The molecule has 1 aliphatic heterocycles. The summed E-state index contributed by atoms with van der Waals surface area (Å²) in [5.41, 5.74) is 3.41. The second kappa shape index (κ2) is 7.29. The van der Waals surface area contributed by atoms with E-state index in [0.717, 1.165) is 21.6 Å². The summed E-state index contributed by atoms with van der Waals surface area (Å²) in [6.45, 7) is 2.08. The monoisotopic (exact) mass is 377 g/mol. The van der Waals surface area contributed by atoms with Crippen molar-refractivity contribution >= 4 is 17.2 Å².